The molecule has 1 heterocycles. The summed E-state index contributed by atoms with van der Waals surface area (Å²) in [5.74, 6) is 0. The van der Waals surface area contributed by atoms with Crippen molar-refractivity contribution in [1.29, 1.82) is 0 Å². The van der Waals surface area contributed by atoms with Crippen LogP contribution in [0.1, 0.15) is 0 Å². The summed E-state index contributed by atoms with van der Waals surface area (Å²) >= 11 is 0. The van der Waals surface area contributed by atoms with Crippen molar-refractivity contribution in [2.45, 2.75) is 0 Å². The molecule has 2 nitrogen and oxygen atoms in total. The van der Waals surface area contributed by atoms with Gasteiger partial charge in [0.25, 0.3) is 0 Å². The van der Waals surface area contributed by atoms with E-state index in [4.69, 9.17) is 0 Å². The van der Waals surface area contributed by atoms with Gasteiger partial charge in [0.05, 0.1) is 22.4 Å². The minimum atomic E-state index is 1.09. The van der Waals surface area contributed by atoms with Crippen LogP contribution in [0.4, 0.5) is 17.1 Å². The second-order valence-electron chi connectivity index (χ2n) is 13.7. The highest BCUT2D eigenvalue weighted by atomic mass is 15.2. The normalized spacial score (nSPS) is 11.3. The number of rotatable bonds is 7. The van der Waals surface area contributed by atoms with Gasteiger partial charge in [-0.05, 0) is 75.7 Å². The molecule has 2 heteroatoms. The summed E-state index contributed by atoms with van der Waals surface area (Å²) in [6, 6.07) is 78.9. The van der Waals surface area contributed by atoms with E-state index in [-0.39, 0.29) is 0 Å². The lowest BCUT2D eigenvalue weighted by atomic mass is 9.95. The fourth-order valence-corrected chi connectivity index (χ4v) is 8.15. The van der Waals surface area contributed by atoms with Crippen LogP contribution in [-0.4, -0.2) is 4.57 Å². The standard InChI is InChI=1S/C52H36N2/c1-5-18-37(19-6-1)38-32-34-43(35-33-38)53(47-30-16-15-27-44(47)39-20-7-2-8-21-39)49-36-41-24-13-14-28-46(41)52-51(49)50-45(40-22-9-3-10-23-40)29-17-31-48(50)54(52)42-25-11-4-12-26-42/h1-36H. The van der Waals surface area contributed by atoms with Crippen LogP contribution < -0.4 is 4.90 Å². The van der Waals surface area contributed by atoms with E-state index >= 15 is 0 Å². The predicted molar refractivity (Wildman–Crippen MR) is 229 cm³/mol. The van der Waals surface area contributed by atoms with Crippen molar-refractivity contribution >= 4 is 49.6 Å². The summed E-state index contributed by atoms with van der Waals surface area (Å²) in [4.78, 5) is 2.49. The Kier molecular flexibility index (Phi) is 7.85. The summed E-state index contributed by atoms with van der Waals surface area (Å²) in [7, 11) is 0. The number of fused-ring (bicyclic) bond motifs is 5. The van der Waals surface area contributed by atoms with Crippen LogP contribution >= 0.6 is 0 Å². The van der Waals surface area contributed by atoms with Crippen LogP contribution in [0.2, 0.25) is 0 Å². The van der Waals surface area contributed by atoms with E-state index in [0.717, 1.165) is 22.7 Å². The molecule has 54 heavy (non-hydrogen) atoms. The van der Waals surface area contributed by atoms with Crippen LogP contribution in [0.15, 0.2) is 218 Å². The summed E-state index contributed by atoms with van der Waals surface area (Å²) in [5, 5.41) is 4.84. The third-order valence-electron chi connectivity index (χ3n) is 10.6. The van der Waals surface area contributed by atoms with Crippen LogP contribution in [0, 0.1) is 0 Å². The molecule has 0 N–H and O–H groups in total. The van der Waals surface area contributed by atoms with Gasteiger partial charge >= 0.3 is 0 Å². The molecule has 10 rings (SSSR count). The fourth-order valence-electron chi connectivity index (χ4n) is 8.15. The zero-order valence-electron chi connectivity index (χ0n) is 29.7. The summed E-state index contributed by atoms with van der Waals surface area (Å²) in [6.45, 7) is 0. The molecule has 0 fully saturated rings. The second-order valence-corrected chi connectivity index (χ2v) is 13.7. The minimum absolute atomic E-state index is 1.09. The lowest BCUT2D eigenvalue weighted by molar-refractivity contribution is 1.19. The van der Waals surface area contributed by atoms with Gasteiger partial charge in [-0.2, -0.15) is 0 Å². The van der Waals surface area contributed by atoms with E-state index in [9.17, 15) is 0 Å². The lowest BCUT2D eigenvalue weighted by Gasteiger charge is -2.29. The Morgan fingerprint density at radius 3 is 1.59 bits per heavy atom. The van der Waals surface area contributed by atoms with Crippen molar-refractivity contribution in [2.75, 3.05) is 4.90 Å². The van der Waals surface area contributed by atoms with Gasteiger partial charge in [0.2, 0.25) is 0 Å². The van der Waals surface area contributed by atoms with E-state index in [1.807, 2.05) is 0 Å². The number of anilines is 3. The lowest BCUT2D eigenvalue weighted by Crippen LogP contribution is -2.12. The Hall–Kier alpha value is -7.16. The third-order valence-corrected chi connectivity index (χ3v) is 10.6. The average molecular weight is 689 g/mol. The van der Waals surface area contributed by atoms with Crippen molar-refractivity contribution in [3.05, 3.63) is 218 Å². The van der Waals surface area contributed by atoms with E-state index in [1.165, 1.54) is 66.0 Å². The molecule has 0 saturated carbocycles. The maximum absolute atomic E-state index is 2.49. The maximum Gasteiger partial charge on any atom is 0.0640 e. The third kappa shape index (κ3) is 5.36. The molecule has 0 aliphatic heterocycles. The van der Waals surface area contributed by atoms with Crippen molar-refractivity contribution in [1.82, 2.24) is 4.57 Å². The molecule has 9 aromatic carbocycles. The van der Waals surface area contributed by atoms with Crippen LogP contribution in [-0.2, 0) is 0 Å². The van der Waals surface area contributed by atoms with Gasteiger partial charge in [-0.25, -0.2) is 0 Å². The Morgan fingerprint density at radius 1 is 0.352 bits per heavy atom. The van der Waals surface area contributed by atoms with Crippen LogP contribution in [0.25, 0.3) is 71.6 Å². The first-order valence-corrected chi connectivity index (χ1v) is 18.5. The predicted octanol–water partition coefficient (Wildman–Crippen LogP) is 14.4. The topological polar surface area (TPSA) is 8.17 Å². The molecule has 0 aliphatic carbocycles. The Morgan fingerprint density at radius 2 is 0.889 bits per heavy atom. The first-order valence-electron chi connectivity index (χ1n) is 18.5. The molecule has 0 atom stereocenters. The molecule has 0 spiro atoms. The molecule has 1 aromatic heterocycles. The van der Waals surface area contributed by atoms with Crippen LogP contribution in [0.3, 0.4) is 0 Å². The Balaban J connectivity index is 1.37. The highest BCUT2D eigenvalue weighted by Crippen LogP contribution is 2.50. The van der Waals surface area contributed by atoms with E-state index in [2.05, 4.69) is 228 Å². The second kappa shape index (κ2) is 13.4. The van der Waals surface area contributed by atoms with Gasteiger partial charge < -0.3 is 9.47 Å². The summed E-state index contributed by atoms with van der Waals surface area (Å²) in [5.41, 5.74) is 14.0. The van der Waals surface area contributed by atoms with Gasteiger partial charge in [-0.15, -0.1) is 0 Å². The molecule has 10 aromatic rings. The number of benzene rings is 9. The highest BCUT2D eigenvalue weighted by Gasteiger charge is 2.26. The molecular formula is C52H36N2. The van der Waals surface area contributed by atoms with Gasteiger partial charge in [-0.3, -0.25) is 0 Å². The van der Waals surface area contributed by atoms with Gasteiger partial charge in [-0.1, -0.05) is 176 Å². The maximum atomic E-state index is 2.49. The Labute approximate surface area is 315 Å². The average Bonchev–Trinajstić information content (AvgIpc) is 3.62. The Bertz CT molecular complexity index is 2890. The minimum Gasteiger partial charge on any atom is -0.309 e. The number of para-hydroxylation sites is 2. The zero-order chi connectivity index (χ0) is 35.8. The van der Waals surface area contributed by atoms with Gasteiger partial charge in [0.1, 0.15) is 0 Å². The van der Waals surface area contributed by atoms with Gasteiger partial charge in [0.15, 0.2) is 0 Å². The largest absolute Gasteiger partial charge is 0.309 e. The van der Waals surface area contributed by atoms with Gasteiger partial charge in [0, 0.05) is 33.1 Å². The fraction of sp³-hybridized carbons (Fsp3) is 0. The number of nitrogens with zero attached hydrogens (tertiary/aromatic N) is 2. The zero-order valence-corrected chi connectivity index (χ0v) is 29.7. The van der Waals surface area contributed by atoms with Crippen molar-refractivity contribution in [3.8, 4) is 39.1 Å². The number of hydrogen-bond acceptors (Lipinski definition) is 1. The summed E-state index contributed by atoms with van der Waals surface area (Å²) in [6.07, 6.45) is 0. The van der Waals surface area contributed by atoms with Crippen molar-refractivity contribution in [2.24, 2.45) is 0 Å². The van der Waals surface area contributed by atoms with Crippen molar-refractivity contribution in [3.63, 3.8) is 0 Å². The van der Waals surface area contributed by atoms with E-state index in [0.29, 0.717) is 0 Å². The van der Waals surface area contributed by atoms with E-state index in [1.54, 1.807) is 0 Å². The molecule has 0 unspecified atom stereocenters. The highest BCUT2D eigenvalue weighted by molar-refractivity contribution is 6.28. The smallest absolute Gasteiger partial charge is 0.0640 e. The SMILES string of the molecule is c1ccc(-c2ccc(N(c3ccccc3-c3ccccc3)c3cc4ccccc4c4c3c3c(-c5ccccc5)cccc3n4-c3ccccc3)cc2)cc1. The molecule has 0 aliphatic rings. The number of aromatic nitrogens is 1. The van der Waals surface area contributed by atoms with Crippen LogP contribution in [0.5, 0.6) is 0 Å². The molecule has 0 radical (unpaired) electrons. The first-order chi connectivity index (χ1) is 26.8. The van der Waals surface area contributed by atoms with E-state index < -0.39 is 0 Å². The monoisotopic (exact) mass is 688 g/mol. The van der Waals surface area contributed by atoms with Crippen molar-refractivity contribution < 1.29 is 0 Å². The number of hydrogen-bond donors (Lipinski definition) is 0. The molecular weight excluding hydrogens is 653 g/mol. The quantitative estimate of drug-likeness (QED) is 0.162. The first kappa shape index (κ1) is 31.6. The summed E-state index contributed by atoms with van der Waals surface area (Å²) < 4.78 is 2.47. The molecule has 0 amide bonds. The molecule has 254 valence electrons. The molecule has 0 saturated heterocycles. The molecule has 0 bridgehead atoms.